The number of nitrogens with one attached hydrogen (secondary N) is 2. The minimum atomic E-state index is -3.44. The zero-order valence-electron chi connectivity index (χ0n) is 10.6. The number of hydrogen-bond donors (Lipinski definition) is 3. The van der Waals surface area contributed by atoms with Crippen molar-refractivity contribution in [3.05, 3.63) is 33.8 Å². The summed E-state index contributed by atoms with van der Waals surface area (Å²) < 4.78 is 25.2. The molecule has 0 aliphatic heterocycles. The maximum absolute atomic E-state index is 11.4. The van der Waals surface area contributed by atoms with Crippen LogP contribution in [-0.4, -0.2) is 31.9 Å². The third kappa shape index (κ3) is 4.82. The standard InChI is InChI=1S/C11H14Cl2N2O4S/c1-2-20(18,19)14-6-9(15-11(16)17)7-4-3-5-8(12)10(7)13/h3-5,9,14-15H,2,6H2,1H3,(H,16,17). The van der Waals surface area contributed by atoms with Gasteiger partial charge in [-0.25, -0.2) is 17.9 Å². The maximum Gasteiger partial charge on any atom is 0.405 e. The molecule has 6 nitrogen and oxygen atoms in total. The highest BCUT2D eigenvalue weighted by atomic mass is 35.5. The van der Waals surface area contributed by atoms with Crippen LogP contribution in [0.25, 0.3) is 0 Å². The van der Waals surface area contributed by atoms with Crippen molar-refractivity contribution in [3.63, 3.8) is 0 Å². The summed E-state index contributed by atoms with van der Waals surface area (Å²) in [6, 6.07) is 3.91. The van der Waals surface area contributed by atoms with Gasteiger partial charge in [-0.05, 0) is 18.6 Å². The van der Waals surface area contributed by atoms with E-state index >= 15 is 0 Å². The van der Waals surface area contributed by atoms with Gasteiger partial charge in [0.2, 0.25) is 10.0 Å². The van der Waals surface area contributed by atoms with Gasteiger partial charge in [0, 0.05) is 6.54 Å². The van der Waals surface area contributed by atoms with Crippen molar-refractivity contribution in [1.82, 2.24) is 10.0 Å². The van der Waals surface area contributed by atoms with E-state index in [-0.39, 0.29) is 22.3 Å². The zero-order valence-corrected chi connectivity index (χ0v) is 12.9. The topological polar surface area (TPSA) is 95.5 Å². The summed E-state index contributed by atoms with van der Waals surface area (Å²) in [4.78, 5) is 10.8. The van der Waals surface area contributed by atoms with E-state index in [1.165, 1.54) is 6.92 Å². The van der Waals surface area contributed by atoms with Crippen molar-refractivity contribution >= 4 is 39.3 Å². The van der Waals surface area contributed by atoms with E-state index in [2.05, 4.69) is 10.0 Å². The van der Waals surface area contributed by atoms with E-state index in [1.807, 2.05) is 0 Å². The lowest BCUT2D eigenvalue weighted by Crippen LogP contribution is -2.38. The molecule has 0 aliphatic rings. The Bertz CT molecular complexity index is 592. The van der Waals surface area contributed by atoms with E-state index < -0.39 is 22.2 Å². The van der Waals surface area contributed by atoms with Gasteiger partial charge < -0.3 is 10.4 Å². The van der Waals surface area contributed by atoms with Crippen molar-refractivity contribution in [2.75, 3.05) is 12.3 Å². The summed E-state index contributed by atoms with van der Waals surface area (Å²) in [7, 11) is -3.44. The Morgan fingerprint density at radius 2 is 2.05 bits per heavy atom. The molecule has 1 unspecified atom stereocenters. The van der Waals surface area contributed by atoms with E-state index in [4.69, 9.17) is 28.3 Å². The van der Waals surface area contributed by atoms with Gasteiger partial charge in [0.25, 0.3) is 0 Å². The van der Waals surface area contributed by atoms with Crippen LogP contribution < -0.4 is 10.0 Å². The highest BCUT2D eigenvalue weighted by Crippen LogP contribution is 2.29. The predicted molar refractivity (Wildman–Crippen MR) is 77.8 cm³/mol. The molecule has 0 fully saturated rings. The van der Waals surface area contributed by atoms with Crippen molar-refractivity contribution < 1.29 is 18.3 Å². The van der Waals surface area contributed by atoms with Crippen LogP contribution >= 0.6 is 23.2 Å². The second-order valence-corrected chi connectivity index (χ2v) is 6.78. The molecule has 1 atom stereocenters. The molecule has 1 aromatic rings. The van der Waals surface area contributed by atoms with Gasteiger partial charge in [-0.1, -0.05) is 35.3 Å². The molecule has 1 rings (SSSR count). The van der Waals surface area contributed by atoms with Crippen LogP contribution in [0.1, 0.15) is 18.5 Å². The van der Waals surface area contributed by atoms with Crippen molar-refractivity contribution in [3.8, 4) is 0 Å². The third-order valence-electron chi connectivity index (χ3n) is 2.54. The average Bonchev–Trinajstić information content (AvgIpc) is 2.38. The van der Waals surface area contributed by atoms with Crippen molar-refractivity contribution in [2.45, 2.75) is 13.0 Å². The van der Waals surface area contributed by atoms with Crippen LogP contribution in [0.15, 0.2) is 18.2 Å². The van der Waals surface area contributed by atoms with Crippen molar-refractivity contribution in [1.29, 1.82) is 0 Å². The highest BCUT2D eigenvalue weighted by Gasteiger charge is 2.20. The molecule has 0 saturated carbocycles. The SMILES string of the molecule is CCS(=O)(=O)NCC(NC(=O)O)c1cccc(Cl)c1Cl. The molecule has 0 aliphatic carbocycles. The van der Waals surface area contributed by atoms with E-state index in [0.29, 0.717) is 5.56 Å². The fourth-order valence-electron chi connectivity index (χ4n) is 1.49. The first-order chi connectivity index (χ1) is 9.26. The Hall–Kier alpha value is -1.02. The molecule has 20 heavy (non-hydrogen) atoms. The van der Waals surface area contributed by atoms with Gasteiger partial charge in [-0.15, -0.1) is 0 Å². The molecular weight excluding hydrogens is 327 g/mol. The van der Waals surface area contributed by atoms with Gasteiger partial charge in [0.05, 0.1) is 21.8 Å². The molecule has 1 amide bonds. The number of benzene rings is 1. The Morgan fingerprint density at radius 1 is 1.40 bits per heavy atom. The number of rotatable bonds is 6. The maximum atomic E-state index is 11.4. The quantitative estimate of drug-likeness (QED) is 0.739. The third-order valence-corrected chi connectivity index (χ3v) is 4.74. The number of sulfonamides is 1. The number of carboxylic acid groups (broad SMARTS) is 1. The molecule has 0 bridgehead atoms. The summed E-state index contributed by atoms with van der Waals surface area (Å²) in [5.74, 6) is -0.101. The van der Waals surface area contributed by atoms with Crippen LogP contribution in [0.4, 0.5) is 4.79 Å². The van der Waals surface area contributed by atoms with E-state index in [9.17, 15) is 13.2 Å². The van der Waals surface area contributed by atoms with Gasteiger partial charge in [0.15, 0.2) is 0 Å². The Balaban J connectivity index is 3.00. The van der Waals surface area contributed by atoms with Crippen LogP contribution in [0.5, 0.6) is 0 Å². The lowest BCUT2D eigenvalue weighted by Gasteiger charge is -2.19. The Kier molecular flexibility index (Phi) is 6.07. The van der Waals surface area contributed by atoms with Gasteiger partial charge in [-0.2, -0.15) is 0 Å². The molecule has 0 radical (unpaired) electrons. The van der Waals surface area contributed by atoms with Gasteiger partial charge in [0.1, 0.15) is 0 Å². The minimum Gasteiger partial charge on any atom is -0.465 e. The first-order valence-electron chi connectivity index (χ1n) is 5.67. The predicted octanol–water partition coefficient (Wildman–Crippen LogP) is 2.24. The highest BCUT2D eigenvalue weighted by molar-refractivity contribution is 7.89. The number of carbonyl (C=O) groups is 1. The monoisotopic (exact) mass is 340 g/mol. The average molecular weight is 341 g/mol. The van der Waals surface area contributed by atoms with E-state index in [0.717, 1.165) is 0 Å². The number of hydrogen-bond acceptors (Lipinski definition) is 3. The summed E-state index contributed by atoms with van der Waals surface area (Å²) >= 11 is 11.9. The molecule has 1 aromatic carbocycles. The first-order valence-corrected chi connectivity index (χ1v) is 8.08. The Labute approximate surface area is 127 Å². The van der Waals surface area contributed by atoms with Gasteiger partial charge in [-0.3, -0.25) is 0 Å². The summed E-state index contributed by atoms with van der Waals surface area (Å²) in [6.07, 6.45) is -1.29. The summed E-state index contributed by atoms with van der Waals surface area (Å²) in [6.45, 7) is 1.33. The van der Waals surface area contributed by atoms with E-state index in [1.54, 1.807) is 18.2 Å². The van der Waals surface area contributed by atoms with Crippen molar-refractivity contribution in [2.24, 2.45) is 0 Å². The molecule has 112 valence electrons. The first kappa shape index (κ1) is 17.0. The van der Waals surface area contributed by atoms with Gasteiger partial charge >= 0.3 is 6.09 Å². The molecule has 0 saturated heterocycles. The van der Waals surface area contributed by atoms with Crippen LogP contribution in [0.3, 0.4) is 0 Å². The minimum absolute atomic E-state index is 0.101. The fourth-order valence-corrected chi connectivity index (χ4v) is 2.55. The number of halogens is 2. The molecule has 0 spiro atoms. The summed E-state index contributed by atoms with van der Waals surface area (Å²) in [5, 5.41) is 11.5. The molecule has 3 N–H and O–H groups in total. The van der Waals surface area contributed by atoms with Crippen LogP contribution in [0.2, 0.25) is 10.0 Å². The zero-order chi connectivity index (χ0) is 15.3. The molecule has 0 aromatic heterocycles. The Morgan fingerprint density at radius 3 is 2.60 bits per heavy atom. The second kappa shape index (κ2) is 7.12. The summed E-state index contributed by atoms with van der Waals surface area (Å²) in [5.41, 5.74) is 0.403. The second-order valence-electron chi connectivity index (χ2n) is 3.90. The lowest BCUT2D eigenvalue weighted by atomic mass is 10.1. The molecule has 0 heterocycles. The van der Waals surface area contributed by atoms with Crippen LogP contribution in [0, 0.1) is 0 Å². The largest absolute Gasteiger partial charge is 0.465 e. The normalized spacial score (nSPS) is 12.9. The number of amides is 1. The fraction of sp³-hybridized carbons (Fsp3) is 0.364. The molecular formula is C11H14Cl2N2O4S. The smallest absolute Gasteiger partial charge is 0.405 e. The molecule has 9 heteroatoms. The lowest BCUT2D eigenvalue weighted by molar-refractivity contribution is 0.190. The van der Waals surface area contributed by atoms with Crippen LogP contribution in [-0.2, 0) is 10.0 Å².